The van der Waals surface area contributed by atoms with Gasteiger partial charge in [0.15, 0.2) is 0 Å². The second-order valence-electron chi connectivity index (χ2n) is 10.4. The maximum atomic E-state index is 13.7. The summed E-state index contributed by atoms with van der Waals surface area (Å²) in [5, 5.41) is 32.1. The van der Waals surface area contributed by atoms with Crippen molar-refractivity contribution in [2.24, 2.45) is 18.1 Å². The third-order valence-electron chi connectivity index (χ3n) is 7.57. The molecule has 16 heteroatoms. The highest BCUT2D eigenvalue weighted by atomic mass is 32.2. The molecule has 0 saturated carbocycles. The van der Waals surface area contributed by atoms with E-state index in [1.54, 1.807) is 11.6 Å². The van der Waals surface area contributed by atoms with Gasteiger partial charge >= 0.3 is 0 Å². The number of aryl methyl sites for hydroxylation is 2. The van der Waals surface area contributed by atoms with Crippen molar-refractivity contribution >= 4 is 27.3 Å². The first-order valence-electron chi connectivity index (χ1n) is 14.0. The number of sulfonamides is 1. The second kappa shape index (κ2) is 13.5. The standard InChI is InChI=1S/C27H36N6O9S/c1-4-6-19-21(15-28-36)31(3)25-24(19)29-26(30-27(25)35)20-14-18(7-8-23(20)41-13-5-2)43(39,40)32-11-9-17(10-12-32)22(34)16-42-33(37)38/h7-8,14-15,17,22,34,36H,4-6,9-13,16H2,1-3H3,(H,29,30,35)/b28-15+. The molecule has 1 fully saturated rings. The summed E-state index contributed by atoms with van der Waals surface area (Å²) in [7, 11) is -2.32. The SMILES string of the molecule is CCCOc1ccc(S(=O)(=O)N2CCC(C(O)CO[N+](=O)[O-])CC2)cc1-c1nc2c(CCC)c(/C=N/O)n(C)c2c(=O)[nH]1. The van der Waals surface area contributed by atoms with Crippen LogP contribution in [0.5, 0.6) is 5.75 Å². The highest BCUT2D eigenvalue weighted by Crippen LogP contribution is 2.34. The quantitative estimate of drug-likeness (QED) is 0.110. The lowest BCUT2D eigenvalue weighted by atomic mass is 9.93. The van der Waals surface area contributed by atoms with Crippen LogP contribution in [0, 0.1) is 16.0 Å². The molecule has 3 aromatic rings. The van der Waals surface area contributed by atoms with E-state index >= 15 is 0 Å². The van der Waals surface area contributed by atoms with Crippen molar-refractivity contribution in [3.05, 3.63) is 49.9 Å². The van der Waals surface area contributed by atoms with Gasteiger partial charge in [-0.2, -0.15) is 4.31 Å². The fourth-order valence-corrected chi connectivity index (χ4v) is 6.89. The number of fused-ring (bicyclic) bond motifs is 1. The predicted molar refractivity (Wildman–Crippen MR) is 156 cm³/mol. The summed E-state index contributed by atoms with van der Waals surface area (Å²) in [6.45, 7) is 3.99. The first-order chi connectivity index (χ1) is 20.5. The summed E-state index contributed by atoms with van der Waals surface area (Å²) in [6, 6.07) is 4.40. The van der Waals surface area contributed by atoms with Crippen LogP contribution in [0.25, 0.3) is 22.4 Å². The molecule has 3 N–H and O–H groups in total. The van der Waals surface area contributed by atoms with Crippen molar-refractivity contribution in [2.45, 2.75) is 57.0 Å². The van der Waals surface area contributed by atoms with E-state index < -0.39 is 33.4 Å². The fraction of sp³-hybridized carbons (Fsp3) is 0.519. The number of aromatic amines is 1. The van der Waals surface area contributed by atoms with E-state index in [1.165, 1.54) is 28.7 Å². The topological polar surface area (TPSA) is 202 Å². The van der Waals surface area contributed by atoms with Crippen molar-refractivity contribution in [3.63, 3.8) is 0 Å². The maximum Gasteiger partial charge on any atom is 0.294 e. The number of benzene rings is 1. The number of nitrogens with zero attached hydrogens (tertiary/aromatic N) is 5. The number of aliphatic hydroxyl groups excluding tert-OH is 1. The number of hydrogen-bond acceptors (Lipinski definition) is 11. The average molecular weight is 621 g/mol. The lowest BCUT2D eigenvalue weighted by Crippen LogP contribution is -2.42. The summed E-state index contributed by atoms with van der Waals surface area (Å²) >= 11 is 0. The Hall–Kier alpha value is -4.02. The summed E-state index contributed by atoms with van der Waals surface area (Å²) in [5.41, 5.74) is 1.80. The molecule has 4 rings (SSSR count). The van der Waals surface area contributed by atoms with E-state index in [0.29, 0.717) is 54.8 Å². The molecule has 0 bridgehead atoms. The van der Waals surface area contributed by atoms with Crippen LogP contribution in [0.4, 0.5) is 0 Å². The number of ether oxygens (including phenoxy) is 1. The number of H-pyrrole nitrogens is 1. The molecule has 0 amide bonds. The molecule has 43 heavy (non-hydrogen) atoms. The van der Waals surface area contributed by atoms with Crippen LogP contribution in [-0.4, -0.2) is 81.3 Å². The zero-order valence-corrected chi connectivity index (χ0v) is 25.0. The second-order valence-corrected chi connectivity index (χ2v) is 12.3. The van der Waals surface area contributed by atoms with Crippen molar-refractivity contribution in [2.75, 3.05) is 26.3 Å². The normalized spacial score (nSPS) is 15.7. The molecule has 15 nitrogen and oxygen atoms in total. The van der Waals surface area contributed by atoms with Gasteiger partial charge in [-0.1, -0.05) is 25.4 Å². The Bertz CT molecular complexity index is 1660. The molecule has 1 saturated heterocycles. The maximum absolute atomic E-state index is 13.7. The van der Waals surface area contributed by atoms with Gasteiger partial charge in [-0.3, -0.25) is 4.79 Å². The Morgan fingerprint density at radius 2 is 2.00 bits per heavy atom. The van der Waals surface area contributed by atoms with E-state index in [-0.39, 0.29) is 35.2 Å². The summed E-state index contributed by atoms with van der Waals surface area (Å²) in [6.07, 6.45) is 2.76. The first kappa shape index (κ1) is 31.9. The van der Waals surface area contributed by atoms with Crippen LogP contribution in [0.3, 0.4) is 0 Å². The van der Waals surface area contributed by atoms with Gasteiger partial charge in [-0.15, -0.1) is 10.1 Å². The van der Waals surface area contributed by atoms with Gasteiger partial charge in [0.05, 0.1) is 35.1 Å². The van der Waals surface area contributed by atoms with Crippen LogP contribution in [0.2, 0.25) is 0 Å². The van der Waals surface area contributed by atoms with Gasteiger partial charge in [-0.05, 0) is 49.8 Å². The highest BCUT2D eigenvalue weighted by Gasteiger charge is 2.33. The number of hydrogen-bond donors (Lipinski definition) is 3. The number of aromatic nitrogens is 3. The minimum absolute atomic E-state index is 0.0280. The third-order valence-corrected chi connectivity index (χ3v) is 9.46. The predicted octanol–water partition coefficient (Wildman–Crippen LogP) is 2.45. The van der Waals surface area contributed by atoms with Crippen LogP contribution < -0.4 is 10.3 Å². The van der Waals surface area contributed by atoms with E-state index in [0.717, 1.165) is 12.0 Å². The van der Waals surface area contributed by atoms with Gasteiger partial charge < -0.3 is 29.4 Å². The molecule has 1 atom stereocenters. The lowest BCUT2D eigenvalue weighted by Gasteiger charge is -2.33. The first-order valence-corrected chi connectivity index (χ1v) is 15.5. The molecule has 1 aromatic carbocycles. The molecule has 0 spiro atoms. The zero-order valence-electron chi connectivity index (χ0n) is 24.2. The molecule has 1 aliphatic heterocycles. The molecule has 3 heterocycles. The van der Waals surface area contributed by atoms with E-state index in [1.807, 2.05) is 13.8 Å². The average Bonchev–Trinajstić information content (AvgIpc) is 3.25. The smallest absolute Gasteiger partial charge is 0.294 e. The van der Waals surface area contributed by atoms with E-state index in [9.17, 15) is 33.6 Å². The summed E-state index contributed by atoms with van der Waals surface area (Å²) in [5.74, 6) is 0.126. The number of nitrogens with one attached hydrogen (secondary N) is 1. The Balaban J connectivity index is 1.73. The van der Waals surface area contributed by atoms with Gasteiger partial charge in [0.25, 0.3) is 10.6 Å². The Morgan fingerprint density at radius 3 is 2.63 bits per heavy atom. The third kappa shape index (κ3) is 6.65. The van der Waals surface area contributed by atoms with Gasteiger partial charge in [0.1, 0.15) is 29.2 Å². The van der Waals surface area contributed by atoms with Crippen molar-refractivity contribution < 1.29 is 33.4 Å². The zero-order chi connectivity index (χ0) is 31.3. The monoisotopic (exact) mass is 620 g/mol. The Labute approximate surface area is 247 Å². The number of piperidine rings is 1. The van der Waals surface area contributed by atoms with Gasteiger partial charge in [0.2, 0.25) is 10.0 Å². The number of rotatable bonds is 13. The molecular formula is C27H36N6O9S. The lowest BCUT2D eigenvalue weighted by molar-refractivity contribution is -0.759. The molecule has 1 aliphatic rings. The van der Waals surface area contributed by atoms with Crippen molar-refractivity contribution in [1.82, 2.24) is 18.8 Å². The van der Waals surface area contributed by atoms with Crippen LogP contribution in [-0.2, 0) is 28.3 Å². The summed E-state index contributed by atoms with van der Waals surface area (Å²) in [4.78, 5) is 35.6. The van der Waals surface area contributed by atoms with Gasteiger partial charge in [-0.25, -0.2) is 13.4 Å². The van der Waals surface area contributed by atoms with Crippen LogP contribution in [0.15, 0.2) is 33.0 Å². The molecule has 0 aliphatic carbocycles. The van der Waals surface area contributed by atoms with E-state index in [2.05, 4.69) is 15.0 Å². The molecule has 2 aromatic heterocycles. The molecule has 1 unspecified atom stereocenters. The largest absolute Gasteiger partial charge is 0.493 e. The van der Waals surface area contributed by atoms with E-state index in [4.69, 9.17) is 9.72 Å². The fourth-order valence-electron chi connectivity index (χ4n) is 5.39. The Morgan fingerprint density at radius 1 is 1.28 bits per heavy atom. The van der Waals surface area contributed by atoms with Crippen molar-refractivity contribution in [3.8, 4) is 17.1 Å². The van der Waals surface area contributed by atoms with Crippen LogP contribution >= 0.6 is 0 Å². The Kier molecular flexibility index (Phi) is 10.0. The number of aliphatic hydroxyl groups is 1. The minimum atomic E-state index is -4.00. The molecular weight excluding hydrogens is 584 g/mol. The van der Waals surface area contributed by atoms with Crippen LogP contribution in [0.1, 0.15) is 50.8 Å². The molecule has 0 radical (unpaired) electrons. The number of oxime groups is 1. The highest BCUT2D eigenvalue weighted by molar-refractivity contribution is 7.89. The summed E-state index contributed by atoms with van der Waals surface area (Å²) < 4.78 is 36.2. The van der Waals surface area contributed by atoms with Crippen molar-refractivity contribution in [1.29, 1.82) is 0 Å². The molecule has 234 valence electrons. The van der Waals surface area contributed by atoms with Gasteiger partial charge in [0, 0.05) is 25.7 Å². The minimum Gasteiger partial charge on any atom is -0.493 e.